The Labute approximate surface area is 153 Å². The van der Waals surface area contributed by atoms with Crippen LogP contribution in [0.2, 0.25) is 0 Å². The van der Waals surface area contributed by atoms with Crippen LogP contribution in [-0.2, 0) is 0 Å². The van der Waals surface area contributed by atoms with Crippen molar-refractivity contribution in [2.75, 3.05) is 14.1 Å². The Morgan fingerprint density at radius 3 is 1.79 bits per heavy atom. The molecule has 0 amide bonds. The van der Waals surface area contributed by atoms with Crippen LogP contribution in [-0.4, -0.2) is 25.0 Å². The van der Waals surface area contributed by atoms with E-state index in [1.165, 1.54) is 83.5 Å². The minimum absolute atomic E-state index is 0.799. The number of unbranched alkanes of at least 4 members (excludes halogenated alkanes) is 8. The maximum atomic E-state index is 2.41. The van der Waals surface area contributed by atoms with Crippen LogP contribution < -0.4 is 0 Å². The van der Waals surface area contributed by atoms with Gasteiger partial charge >= 0.3 is 0 Å². The summed E-state index contributed by atoms with van der Waals surface area (Å²) >= 11 is 0. The van der Waals surface area contributed by atoms with E-state index in [2.05, 4.69) is 57.1 Å². The highest BCUT2D eigenvalue weighted by molar-refractivity contribution is 4.92. The summed E-state index contributed by atoms with van der Waals surface area (Å²) in [7, 11) is 4.46. The zero-order chi connectivity index (χ0) is 17.9. The van der Waals surface area contributed by atoms with Gasteiger partial charge in [-0.05, 0) is 59.0 Å². The first-order valence-electron chi connectivity index (χ1n) is 10.7. The smallest absolute Gasteiger partial charge is 0.00890 e. The maximum absolute atomic E-state index is 2.41. The highest BCUT2D eigenvalue weighted by atomic mass is 15.1. The summed E-state index contributed by atoms with van der Waals surface area (Å²) in [6.07, 6.45) is 28.1. The molecule has 0 saturated carbocycles. The van der Waals surface area contributed by atoms with E-state index in [0.717, 1.165) is 12.5 Å². The van der Waals surface area contributed by atoms with Gasteiger partial charge in [-0.3, -0.25) is 0 Å². The third-order valence-corrected chi connectivity index (χ3v) is 4.84. The normalized spacial score (nSPS) is 13.5. The highest BCUT2D eigenvalue weighted by Gasteiger charge is 2.08. The minimum atomic E-state index is 0.799. The lowest BCUT2D eigenvalue weighted by Crippen LogP contribution is -2.27. The molecule has 1 unspecified atom stereocenters. The molecule has 0 heterocycles. The summed E-state index contributed by atoms with van der Waals surface area (Å²) in [4.78, 5) is 2.41. The van der Waals surface area contributed by atoms with Gasteiger partial charge in [0.15, 0.2) is 0 Å². The third kappa shape index (κ3) is 16.3. The first-order chi connectivity index (χ1) is 11.7. The van der Waals surface area contributed by atoms with E-state index in [-0.39, 0.29) is 0 Å². The van der Waals surface area contributed by atoms with Crippen molar-refractivity contribution in [2.24, 2.45) is 0 Å². The lowest BCUT2D eigenvalue weighted by Gasteiger charge is -2.23. The van der Waals surface area contributed by atoms with Crippen molar-refractivity contribution >= 4 is 0 Å². The van der Waals surface area contributed by atoms with Crippen LogP contribution in [0.15, 0.2) is 24.3 Å². The van der Waals surface area contributed by atoms with Crippen LogP contribution in [0.25, 0.3) is 0 Å². The molecule has 0 bridgehead atoms. The second-order valence-electron chi connectivity index (χ2n) is 7.43. The predicted molar refractivity (Wildman–Crippen MR) is 112 cm³/mol. The summed E-state index contributed by atoms with van der Waals surface area (Å²) in [5, 5.41) is 0. The second kappa shape index (κ2) is 18.8. The average molecular weight is 336 g/mol. The number of hydrogen-bond acceptors (Lipinski definition) is 1. The molecule has 0 aromatic heterocycles. The van der Waals surface area contributed by atoms with Crippen molar-refractivity contribution in [2.45, 2.75) is 110 Å². The number of allylic oxidation sites excluding steroid dienone is 4. The van der Waals surface area contributed by atoms with Crippen molar-refractivity contribution in [1.82, 2.24) is 4.90 Å². The molecule has 24 heavy (non-hydrogen) atoms. The van der Waals surface area contributed by atoms with Crippen molar-refractivity contribution in [3.05, 3.63) is 24.3 Å². The molecule has 1 atom stereocenters. The largest absolute Gasteiger partial charge is 0.306 e. The van der Waals surface area contributed by atoms with Gasteiger partial charge in [0, 0.05) is 6.04 Å². The lowest BCUT2D eigenvalue weighted by atomic mass is 10.0. The van der Waals surface area contributed by atoms with E-state index < -0.39 is 0 Å². The Morgan fingerprint density at radius 2 is 1.21 bits per heavy atom. The third-order valence-electron chi connectivity index (χ3n) is 4.84. The van der Waals surface area contributed by atoms with E-state index >= 15 is 0 Å². The average Bonchev–Trinajstić information content (AvgIpc) is 2.57. The van der Waals surface area contributed by atoms with E-state index in [9.17, 15) is 0 Å². The van der Waals surface area contributed by atoms with Gasteiger partial charge in [-0.2, -0.15) is 0 Å². The fourth-order valence-electron chi connectivity index (χ4n) is 3.19. The summed E-state index contributed by atoms with van der Waals surface area (Å²) in [5.41, 5.74) is 0. The molecule has 1 heteroatoms. The quantitative estimate of drug-likeness (QED) is 0.196. The van der Waals surface area contributed by atoms with E-state index in [1.807, 2.05) is 0 Å². The van der Waals surface area contributed by atoms with Gasteiger partial charge in [0.25, 0.3) is 0 Å². The maximum Gasteiger partial charge on any atom is 0.00890 e. The molecule has 0 fully saturated rings. The Bertz CT molecular complexity index is 290. The molecule has 0 aromatic carbocycles. The summed E-state index contributed by atoms with van der Waals surface area (Å²) in [5.74, 6) is 0. The van der Waals surface area contributed by atoms with Gasteiger partial charge in [0.05, 0.1) is 0 Å². The fraction of sp³-hybridized carbons (Fsp3) is 0.826. The Kier molecular flexibility index (Phi) is 18.3. The van der Waals surface area contributed by atoms with Crippen molar-refractivity contribution in [1.29, 1.82) is 0 Å². The van der Waals surface area contributed by atoms with Crippen LogP contribution in [0.4, 0.5) is 0 Å². The van der Waals surface area contributed by atoms with Gasteiger partial charge in [0.1, 0.15) is 0 Å². The summed E-state index contributed by atoms with van der Waals surface area (Å²) < 4.78 is 0. The second-order valence-corrected chi connectivity index (χ2v) is 7.43. The molecule has 0 aliphatic heterocycles. The van der Waals surface area contributed by atoms with Gasteiger partial charge in [0.2, 0.25) is 0 Å². The van der Waals surface area contributed by atoms with Crippen molar-refractivity contribution in [3.63, 3.8) is 0 Å². The molecule has 0 N–H and O–H groups in total. The number of hydrogen-bond donors (Lipinski definition) is 0. The molecule has 0 aliphatic carbocycles. The predicted octanol–water partition coefficient (Wildman–Crippen LogP) is 7.53. The molecule has 1 nitrogen and oxygen atoms in total. The zero-order valence-corrected chi connectivity index (χ0v) is 17.2. The van der Waals surface area contributed by atoms with Crippen LogP contribution in [0.1, 0.15) is 104 Å². The fourth-order valence-corrected chi connectivity index (χ4v) is 3.19. The Balaban J connectivity index is 3.36. The standard InChI is InChI=1S/C23H45N/c1-5-7-8-9-10-11-12-13-14-15-16-17-18-19-20-22-23(21-6-2)24(3)4/h10-11,13-14,23H,5-9,12,15-22H2,1-4H3/b11-10-,14-13-. The van der Waals surface area contributed by atoms with E-state index in [0.29, 0.717) is 0 Å². The monoisotopic (exact) mass is 335 g/mol. The number of nitrogens with zero attached hydrogens (tertiary/aromatic N) is 1. The van der Waals surface area contributed by atoms with Crippen molar-refractivity contribution < 1.29 is 0 Å². The van der Waals surface area contributed by atoms with Crippen molar-refractivity contribution in [3.8, 4) is 0 Å². The number of rotatable bonds is 17. The molecule has 0 aliphatic rings. The highest BCUT2D eigenvalue weighted by Crippen LogP contribution is 2.14. The molecule has 0 radical (unpaired) electrons. The summed E-state index contributed by atoms with van der Waals surface area (Å²) in [6, 6.07) is 0.799. The van der Waals surface area contributed by atoms with E-state index in [4.69, 9.17) is 0 Å². The molecule has 142 valence electrons. The van der Waals surface area contributed by atoms with Gasteiger partial charge in [-0.25, -0.2) is 0 Å². The molecule has 0 spiro atoms. The Morgan fingerprint density at radius 1 is 0.625 bits per heavy atom. The molecular formula is C23H45N. The van der Waals surface area contributed by atoms with Crippen LogP contribution in [0.5, 0.6) is 0 Å². The first-order valence-corrected chi connectivity index (χ1v) is 10.7. The van der Waals surface area contributed by atoms with Crippen LogP contribution >= 0.6 is 0 Å². The Hall–Kier alpha value is -0.560. The van der Waals surface area contributed by atoms with Crippen LogP contribution in [0.3, 0.4) is 0 Å². The topological polar surface area (TPSA) is 3.24 Å². The van der Waals surface area contributed by atoms with Gasteiger partial charge in [-0.15, -0.1) is 0 Å². The minimum Gasteiger partial charge on any atom is -0.306 e. The van der Waals surface area contributed by atoms with Gasteiger partial charge < -0.3 is 4.90 Å². The summed E-state index contributed by atoms with van der Waals surface area (Å²) in [6.45, 7) is 4.56. The SMILES string of the molecule is CCCCC/C=C\C/C=C\CCCCCCCC(CCC)N(C)C. The van der Waals surface area contributed by atoms with Gasteiger partial charge in [-0.1, -0.05) is 83.1 Å². The molecular weight excluding hydrogens is 290 g/mol. The first kappa shape index (κ1) is 23.4. The van der Waals surface area contributed by atoms with Crippen LogP contribution in [0, 0.1) is 0 Å². The zero-order valence-electron chi connectivity index (χ0n) is 17.2. The molecule has 0 aromatic rings. The molecule has 0 saturated heterocycles. The van der Waals surface area contributed by atoms with E-state index in [1.54, 1.807) is 0 Å². The molecule has 0 rings (SSSR count). The lowest BCUT2D eigenvalue weighted by molar-refractivity contribution is 0.256.